The van der Waals surface area contributed by atoms with Gasteiger partial charge in [0.15, 0.2) is 0 Å². The van der Waals surface area contributed by atoms with Crippen molar-refractivity contribution in [3.05, 3.63) is 76.1 Å². The molecule has 0 bridgehead atoms. The van der Waals surface area contributed by atoms with Crippen molar-refractivity contribution >= 4 is 16.9 Å². The van der Waals surface area contributed by atoms with Crippen molar-refractivity contribution in [2.24, 2.45) is 11.3 Å². The van der Waals surface area contributed by atoms with Crippen LogP contribution in [0.25, 0.3) is 10.9 Å². The Hall–Kier alpha value is -3.40. The van der Waals surface area contributed by atoms with Crippen molar-refractivity contribution in [2.45, 2.75) is 63.6 Å². The Kier molecular flexibility index (Phi) is 7.52. The Bertz CT molecular complexity index is 1480. The van der Waals surface area contributed by atoms with E-state index in [0.29, 0.717) is 43.7 Å². The van der Waals surface area contributed by atoms with Gasteiger partial charge < -0.3 is 15.1 Å². The fraction of sp³-hybridized carbons (Fsp3) is 0.516. The third-order valence-electron chi connectivity index (χ3n) is 9.72. The molecule has 3 atom stereocenters. The maximum Gasteiger partial charge on any atom is 0.320 e. The molecule has 0 unspecified atom stereocenters. The predicted octanol–water partition coefficient (Wildman–Crippen LogP) is 5.24. The van der Waals surface area contributed by atoms with Crippen molar-refractivity contribution in [1.82, 2.24) is 24.7 Å². The number of hydrogen-bond donors (Lipinski definition) is 1. The van der Waals surface area contributed by atoms with E-state index < -0.39 is 23.5 Å². The number of rotatable bonds is 4. The third kappa shape index (κ3) is 5.34. The summed E-state index contributed by atoms with van der Waals surface area (Å²) in [7, 11) is 1.87. The summed E-state index contributed by atoms with van der Waals surface area (Å²) in [5, 5.41) is 3.54. The second kappa shape index (κ2) is 11.1. The molecule has 1 saturated carbocycles. The number of benzene rings is 2. The van der Waals surface area contributed by atoms with Gasteiger partial charge in [-0.2, -0.15) is 0 Å². The van der Waals surface area contributed by atoms with E-state index in [-0.39, 0.29) is 34.4 Å². The summed E-state index contributed by atoms with van der Waals surface area (Å²) in [5.74, 6) is -1.59. The maximum atomic E-state index is 14.2. The fourth-order valence-electron chi connectivity index (χ4n) is 7.52. The molecule has 3 fully saturated rings. The van der Waals surface area contributed by atoms with Crippen LogP contribution in [0.15, 0.2) is 47.5 Å². The highest BCUT2D eigenvalue weighted by Crippen LogP contribution is 2.49. The molecule has 2 saturated heterocycles. The first-order chi connectivity index (χ1) is 19.8. The maximum absolute atomic E-state index is 14.2. The minimum absolute atomic E-state index is 0.0982. The van der Waals surface area contributed by atoms with Crippen LogP contribution in [-0.4, -0.2) is 58.1 Å². The Labute approximate surface area is 237 Å². The molecule has 3 heterocycles. The Balaban J connectivity index is 1.24. The Morgan fingerprint density at radius 2 is 1.78 bits per heavy atom. The number of urea groups is 1. The number of aromatic nitrogens is 2. The first-order valence-corrected chi connectivity index (χ1v) is 14.6. The van der Waals surface area contributed by atoms with Crippen molar-refractivity contribution in [3.8, 4) is 0 Å². The zero-order valence-corrected chi connectivity index (χ0v) is 23.3. The second-order valence-electron chi connectivity index (χ2n) is 12.0. The van der Waals surface area contributed by atoms with Crippen molar-refractivity contribution in [2.75, 3.05) is 26.7 Å². The molecule has 6 rings (SSSR count). The smallest absolute Gasteiger partial charge is 0.320 e. The van der Waals surface area contributed by atoms with Gasteiger partial charge in [-0.1, -0.05) is 12.8 Å². The Morgan fingerprint density at radius 1 is 1.02 bits per heavy atom. The van der Waals surface area contributed by atoms with Crippen LogP contribution in [0.1, 0.15) is 56.6 Å². The van der Waals surface area contributed by atoms with Gasteiger partial charge >= 0.3 is 6.03 Å². The van der Waals surface area contributed by atoms with Gasteiger partial charge in [-0.05, 0) is 86.4 Å². The van der Waals surface area contributed by atoms with Gasteiger partial charge in [0.05, 0.1) is 23.3 Å². The van der Waals surface area contributed by atoms with Crippen LogP contribution in [0.5, 0.6) is 0 Å². The molecule has 1 spiro atoms. The van der Waals surface area contributed by atoms with Gasteiger partial charge in [0.1, 0.15) is 17.5 Å². The topological polar surface area (TPSA) is 70.5 Å². The van der Waals surface area contributed by atoms with E-state index >= 15 is 0 Å². The van der Waals surface area contributed by atoms with Gasteiger partial charge in [0.2, 0.25) is 0 Å². The van der Waals surface area contributed by atoms with Gasteiger partial charge in [-0.15, -0.1) is 0 Å². The first kappa shape index (κ1) is 27.8. The lowest BCUT2D eigenvalue weighted by Gasteiger charge is -2.49. The minimum Gasteiger partial charge on any atom is -0.324 e. The van der Waals surface area contributed by atoms with Crippen LogP contribution in [0.3, 0.4) is 0 Å². The zero-order valence-electron chi connectivity index (χ0n) is 23.3. The van der Waals surface area contributed by atoms with Crippen molar-refractivity contribution in [3.63, 3.8) is 0 Å². The van der Waals surface area contributed by atoms with Gasteiger partial charge in [-0.25, -0.2) is 22.9 Å². The van der Waals surface area contributed by atoms with E-state index in [9.17, 15) is 22.8 Å². The van der Waals surface area contributed by atoms with Crippen LogP contribution < -0.4 is 10.9 Å². The highest BCUT2D eigenvalue weighted by atomic mass is 19.1. The number of piperidine rings is 2. The summed E-state index contributed by atoms with van der Waals surface area (Å²) in [6.07, 6.45) is 7.67. The average molecular weight is 568 g/mol. The van der Waals surface area contributed by atoms with Crippen LogP contribution in [-0.2, 0) is 6.54 Å². The lowest BCUT2D eigenvalue weighted by Crippen LogP contribution is -2.56. The zero-order chi connectivity index (χ0) is 28.7. The quantitative estimate of drug-likeness (QED) is 0.468. The molecule has 1 aromatic heterocycles. The summed E-state index contributed by atoms with van der Waals surface area (Å²) >= 11 is 0. The van der Waals surface area contributed by atoms with E-state index in [1.54, 1.807) is 15.8 Å². The monoisotopic (exact) mass is 567 g/mol. The molecule has 10 heteroatoms. The molecule has 218 valence electrons. The number of fused-ring (bicyclic) bond motifs is 1. The highest BCUT2D eigenvalue weighted by molar-refractivity contribution is 5.77. The molecule has 7 nitrogen and oxygen atoms in total. The number of likely N-dealkylation sites (tertiary alicyclic amines) is 2. The fourth-order valence-corrected chi connectivity index (χ4v) is 7.52. The van der Waals surface area contributed by atoms with E-state index in [1.807, 2.05) is 11.9 Å². The number of nitrogens with zero attached hydrogens (tertiary/aromatic N) is 4. The molecule has 3 aromatic rings. The van der Waals surface area contributed by atoms with Crippen LogP contribution in [0.2, 0.25) is 0 Å². The van der Waals surface area contributed by atoms with E-state index in [2.05, 4.69) is 10.3 Å². The molecule has 1 N–H and O–H groups in total. The van der Waals surface area contributed by atoms with Crippen molar-refractivity contribution < 1.29 is 18.0 Å². The van der Waals surface area contributed by atoms with Gasteiger partial charge in [0, 0.05) is 38.3 Å². The third-order valence-corrected chi connectivity index (χ3v) is 9.72. The van der Waals surface area contributed by atoms with Gasteiger partial charge in [0.25, 0.3) is 5.56 Å². The lowest BCUT2D eigenvalue weighted by atomic mass is 9.69. The summed E-state index contributed by atoms with van der Waals surface area (Å²) in [5.41, 5.74) is 0.562. The molecule has 2 aliphatic heterocycles. The first-order valence-electron chi connectivity index (χ1n) is 14.6. The van der Waals surface area contributed by atoms with Crippen LogP contribution >= 0.6 is 0 Å². The molecule has 0 radical (unpaired) electrons. The summed E-state index contributed by atoms with van der Waals surface area (Å²) in [4.78, 5) is 35.4. The summed E-state index contributed by atoms with van der Waals surface area (Å²) in [6, 6.07) is 7.19. The van der Waals surface area contributed by atoms with E-state index in [0.717, 1.165) is 44.6 Å². The normalized spacial score (nSPS) is 24.3. The number of nitrogens with one attached hydrogen (secondary N) is 1. The summed E-state index contributed by atoms with van der Waals surface area (Å²) < 4.78 is 43.8. The SMILES string of the molecule is CN[C@@H]1CCN(C(=O)N2CC[C@@H](Cn3cnc4ccc(F)cc4c3=O)C3(CCCC3)C2)[C@H](c2cc(F)cc(F)c2)C1. The molecule has 1 aliphatic carbocycles. The molecule has 3 aliphatic rings. The molecule has 2 aromatic carbocycles. The standard InChI is InChI=1S/C31H36F3N5O2/c1-35-25-7-11-39(28(16-25)20-12-23(33)14-24(34)13-20)30(41)37-10-6-21(31(18-37)8-2-3-9-31)17-38-19-36-27-5-4-22(32)15-26(27)29(38)40/h4-5,12-15,19,21,25,28,35H,2-3,6-11,16-18H2,1H3/t21-,25+,28-/m0/s1. The van der Waals surface area contributed by atoms with Crippen molar-refractivity contribution in [1.29, 1.82) is 0 Å². The summed E-state index contributed by atoms with van der Waals surface area (Å²) in [6.45, 7) is 2.08. The average Bonchev–Trinajstić information content (AvgIpc) is 3.43. The van der Waals surface area contributed by atoms with Gasteiger partial charge in [-0.3, -0.25) is 9.36 Å². The van der Waals surface area contributed by atoms with Crippen LogP contribution in [0.4, 0.5) is 18.0 Å². The number of halogens is 3. The molecular formula is C31H36F3N5O2. The largest absolute Gasteiger partial charge is 0.324 e. The number of amides is 2. The lowest BCUT2D eigenvalue weighted by molar-refractivity contribution is 0.0208. The van der Waals surface area contributed by atoms with Crippen LogP contribution in [0, 0.1) is 28.8 Å². The number of carbonyl (C=O) groups is 1. The number of carbonyl (C=O) groups excluding carboxylic acids is 1. The highest BCUT2D eigenvalue weighted by Gasteiger charge is 2.47. The van der Waals surface area contributed by atoms with E-state index in [1.165, 1.54) is 30.3 Å². The minimum atomic E-state index is -0.647. The molecule has 41 heavy (non-hydrogen) atoms. The van der Waals surface area contributed by atoms with E-state index in [4.69, 9.17) is 0 Å². The second-order valence-corrected chi connectivity index (χ2v) is 12.0. The predicted molar refractivity (Wildman–Crippen MR) is 150 cm³/mol. The molecule has 2 amide bonds. The Morgan fingerprint density at radius 3 is 2.51 bits per heavy atom. The molecular weight excluding hydrogens is 531 g/mol. The number of hydrogen-bond acceptors (Lipinski definition) is 4.